The maximum atomic E-state index is 12.3. The van der Waals surface area contributed by atoms with E-state index in [9.17, 15) is 19.2 Å². The second kappa shape index (κ2) is 9.27. The number of carbonyl (C=O) groups excluding carboxylic acids is 4. The molecular weight excluding hydrogens is 298 g/mol. The minimum atomic E-state index is -0.677. The molecule has 7 nitrogen and oxygen atoms in total. The van der Waals surface area contributed by atoms with Gasteiger partial charge in [-0.15, -0.1) is 0 Å². The molecule has 0 heterocycles. The standard InChI is InChI=1S/C16H29N3O4/c1-10(2)14(17-9-20)16(23)18(6)8-13(22)19(7)15(11(3)4)12(5)21/h9-11,14-15H,8H2,1-7H3,(H,17,20). The molecule has 0 saturated heterocycles. The average molecular weight is 327 g/mol. The summed E-state index contributed by atoms with van der Waals surface area (Å²) >= 11 is 0. The van der Waals surface area contributed by atoms with E-state index >= 15 is 0 Å². The van der Waals surface area contributed by atoms with Crippen LogP contribution in [0.5, 0.6) is 0 Å². The summed E-state index contributed by atoms with van der Waals surface area (Å²) in [5, 5.41) is 2.47. The molecule has 2 unspecified atom stereocenters. The summed E-state index contributed by atoms with van der Waals surface area (Å²) in [6.45, 7) is 8.67. The molecule has 0 radical (unpaired) electrons. The van der Waals surface area contributed by atoms with Crippen LogP contribution in [0.15, 0.2) is 0 Å². The van der Waals surface area contributed by atoms with Gasteiger partial charge in [0.1, 0.15) is 6.04 Å². The third kappa shape index (κ3) is 6.00. The summed E-state index contributed by atoms with van der Waals surface area (Å²) in [5.74, 6) is -0.847. The molecule has 2 atom stereocenters. The summed E-state index contributed by atoms with van der Waals surface area (Å²) < 4.78 is 0. The molecule has 0 aromatic heterocycles. The van der Waals surface area contributed by atoms with Gasteiger partial charge in [-0.2, -0.15) is 0 Å². The van der Waals surface area contributed by atoms with Gasteiger partial charge in [-0.1, -0.05) is 27.7 Å². The van der Waals surface area contributed by atoms with Crippen molar-refractivity contribution in [1.82, 2.24) is 15.1 Å². The summed E-state index contributed by atoms with van der Waals surface area (Å²) in [4.78, 5) is 49.7. The Bertz CT molecular complexity index is 449. The Morgan fingerprint density at radius 3 is 1.91 bits per heavy atom. The molecule has 0 aromatic rings. The molecule has 0 aromatic carbocycles. The van der Waals surface area contributed by atoms with Crippen molar-refractivity contribution >= 4 is 24.0 Å². The van der Waals surface area contributed by atoms with Crippen LogP contribution in [0.4, 0.5) is 0 Å². The van der Waals surface area contributed by atoms with Crippen LogP contribution in [0.2, 0.25) is 0 Å². The van der Waals surface area contributed by atoms with Crippen LogP contribution in [0.25, 0.3) is 0 Å². The van der Waals surface area contributed by atoms with E-state index in [0.717, 1.165) is 0 Å². The fourth-order valence-corrected chi connectivity index (χ4v) is 2.60. The van der Waals surface area contributed by atoms with E-state index in [4.69, 9.17) is 0 Å². The summed E-state index contributed by atoms with van der Waals surface area (Å²) in [6, 6.07) is -1.19. The quantitative estimate of drug-likeness (QED) is 0.617. The second-order valence-corrected chi connectivity index (χ2v) is 6.50. The molecule has 1 N–H and O–H groups in total. The van der Waals surface area contributed by atoms with E-state index < -0.39 is 12.1 Å². The number of hydrogen-bond acceptors (Lipinski definition) is 4. The fraction of sp³-hybridized carbons (Fsp3) is 0.750. The SMILES string of the molecule is CC(=O)C(C(C)C)N(C)C(=O)CN(C)C(=O)C(NC=O)C(C)C. The molecule has 7 heteroatoms. The van der Waals surface area contributed by atoms with Crippen LogP contribution in [0.1, 0.15) is 34.6 Å². The van der Waals surface area contributed by atoms with Crippen molar-refractivity contribution in [3.8, 4) is 0 Å². The lowest BCUT2D eigenvalue weighted by molar-refractivity contribution is -0.144. The van der Waals surface area contributed by atoms with E-state index in [0.29, 0.717) is 6.41 Å². The zero-order valence-electron chi connectivity index (χ0n) is 15.1. The number of nitrogens with one attached hydrogen (secondary N) is 1. The van der Waals surface area contributed by atoms with E-state index in [1.54, 1.807) is 7.05 Å². The predicted octanol–water partition coefficient (Wildman–Crippen LogP) is 0.287. The highest BCUT2D eigenvalue weighted by Crippen LogP contribution is 2.11. The third-order valence-corrected chi connectivity index (χ3v) is 3.79. The predicted molar refractivity (Wildman–Crippen MR) is 87.5 cm³/mol. The molecule has 0 saturated carbocycles. The zero-order valence-corrected chi connectivity index (χ0v) is 15.1. The van der Waals surface area contributed by atoms with Crippen LogP contribution < -0.4 is 5.32 Å². The van der Waals surface area contributed by atoms with Crippen molar-refractivity contribution in [3.63, 3.8) is 0 Å². The number of carbonyl (C=O) groups is 4. The lowest BCUT2D eigenvalue weighted by Gasteiger charge is -2.31. The van der Waals surface area contributed by atoms with Crippen LogP contribution >= 0.6 is 0 Å². The largest absolute Gasteiger partial charge is 0.347 e. The number of amides is 3. The minimum Gasteiger partial charge on any atom is -0.347 e. The second-order valence-electron chi connectivity index (χ2n) is 6.50. The number of likely N-dealkylation sites (N-methyl/N-ethyl adjacent to an activating group) is 2. The lowest BCUT2D eigenvalue weighted by Crippen LogP contribution is -2.52. The zero-order chi connectivity index (χ0) is 18.3. The molecule has 0 fully saturated rings. The summed E-state index contributed by atoms with van der Waals surface area (Å²) in [6.07, 6.45) is 0.481. The number of nitrogens with zero attached hydrogens (tertiary/aromatic N) is 2. The normalized spacial score (nSPS) is 13.4. The van der Waals surface area contributed by atoms with Gasteiger partial charge in [0.2, 0.25) is 18.2 Å². The van der Waals surface area contributed by atoms with Gasteiger partial charge in [0.25, 0.3) is 0 Å². The van der Waals surface area contributed by atoms with Crippen molar-refractivity contribution in [2.24, 2.45) is 11.8 Å². The van der Waals surface area contributed by atoms with Crippen molar-refractivity contribution in [3.05, 3.63) is 0 Å². The highest BCUT2D eigenvalue weighted by molar-refractivity contribution is 5.91. The van der Waals surface area contributed by atoms with E-state index in [-0.39, 0.29) is 36.0 Å². The first-order valence-corrected chi connectivity index (χ1v) is 7.75. The first-order chi connectivity index (χ1) is 10.5. The molecule has 23 heavy (non-hydrogen) atoms. The fourth-order valence-electron chi connectivity index (χ4n) is 2.60. The molecule has 0 aliphatic carbocycles. The Balaban J connectivity index is 4.97. The van der Waals surface area contributed by atoms with Gasteiger partial charge in [-0.3, -0.25) is 19.2 Å². The first kappa shape index (κ1) is 21.1. The first-order valence-electron chi connectivity index (χ1n) is 7.75. The number of hydrogen-bond donors (Lipinski definition) is 1. The van der Waals surface area contributed by atoms with E-state index in [1.165, 1.54) is 23.8 Å². The Labute approximate surface area is 138 Å². The van der Waals surface area contributed by atoms with Gasteiger partial charge in [-0.25, -0.2) is 0 Å². The van der Waals surface area contributed by atoms with Gasteiger partial charge in [0.05, 0.1) is 12.6 Å². The molecular formula is C16H29N3O4. The maximum Gasteiger partial charge on any atom is 0.245 e. The molecule has 132 valence electrons. The minimum absolute atomic E-state index is 0.0115. The highest BCUT2D eigenvalue weighted by atomic mass is 16.2. The molecule has 0 aliphatic rings. The van der Waals surface area contributed by atoms with Gasteiger partial charge < -0.3 is 15.1 Å². The van der Waals surface area contributed by atoms with Crippen molar-refractivity contribution < 1.29 is 19.2 Å². The molecule has 0 rings (SSSR count). The average Bonchev–Trinajstić information content (AvgIpc) is 2.42. The van der Waals surface area contributed by atoms with Crippen molar-refractivity contribution in [1.29, 1.82) is 0 Å². The summed E-state index contributed by atoms with van der Waals surface area (Å²) in [5.41, 5.74) is 0. The topological polar surface area (TPSA) is 86.8 Å². The van der Waals surface area contributed by atoms with Crippen LogP contribution in [0, 0.1) is 11.8 Å². The van der Waals surface area contributed by atoms with Gasteiger partial charge in [0.15, 0.2) is 5.78 Å². The number of ketones is 1. The molecule has 0 spiro atoms. The van der Waals surface area contributed by atoms with Gasteiger partial charge in [0, 0.05) is 14.1 Å². The van der Waals surface area contributed by atoms with Gasteiger partial charge in [-0.05, 0) is 18.8 Å². The van der Waals surface area contributed by atoms with E-state index in [1.807, 2.05) is 27.7 Å². The van der Waals surface area contributed by atoms with Crippen LogP contribution in [-0.4, -0.2) is 66.5 Å². The van der Waals surface area contributed by atoms with Crippen LogP contribution in [-0.2, 0) is 19.2 Å². The van der Waals surface area contributed by atoms with Crippen molar-refractivity contribution in [2.75, 3.05) is 20.6 Å². The smallest absolute Gasteiger partial charge is 0.245 e. The summed E-state index contributed by atoms with van der Waals surface area (Å²) in [7, 11) is 3.07. The number of rotatable bonds is 9. The Hall–Kier alpha value is -1.92. The molecule has 0 aliphatic heterocycles. The Morgan fingerprint density at radius 2 is 1.57 bits per heavy atom. The molecule has 0 bridgehead atoms. The molecule has 3 amide bonds. The Morgan fingerprint density at radius 1 is 1.04 bits per heavy atom. The lowest BCUT2D eigenvalue weighted by atomic mass is 9.99. The monoisotopic (exact) mass is 327 g/mol. The highest BCUT2D eigenvalue weighted by Gasteiger charge is 2.30. The van der Waals surface area contributed by atoms with E-state index in [2.05, 4.69) is 5.32 Å². The maximum absolute atomic E-state index is 12.3. The van der Waals surface area contributed by atoms with Crippen molar-refractivity contribution in [2.45, 2.75) is 46.7 Å². The Kier molecular flexibility index (Phi) is 8.50. The number of Topliss-reactive ketones (excluding diaryl/α,β-unsaturated/α-hetero) is 1. The van der Waals surface area contributed by atoms with Crippen LogP contribution in [0.3, 0.4) is 0 Å². The third-order valence-electron chi connectivity index (χ3n) is 3.79. The van der Waals surface area contributed by atoms with Gasteiger partial charge >= 0.3 is 0 Å².